The molecule has 2 aromatic carbocycles. The SMILES string of the molecule is OC(c1ccc(Cl)cc1)(c1ccccc1Br)C(F)(F)F. The molecule has 1 N–H and O–H groups in total. The molecule has 0 amide bonds. The van der Waals surface area contributed by atoms with Crippen molar-refractivity contribution in [2.45, 2.75) is 11.8 Å². The van der Waals surface area contributed by atoms with Gasteiger partial charge in [0, 0.05) is 15.1 Å². The van der Waals surface area contributed by atoms with Crippen molar-refractivity contribution in [1.29, 1.82) is 0 Å². The summed E-state index contributed by atoms with van der Waals surface area (Å²) < 4.78 is 40.5. The summed E-state index contributed by atoms with van der Waals surface area (Å²) in [4.78, 5) is 0. The van der Waals surface area contributed by atoms with Crippen molar-refractivity contribution in [1.82, 2.24) is 0 Å². The van der Waals surface area contributed by atoms with Crippen LogP contribution in [0.3, 0.4) is 0 Å². The molecule has 1 atom stereocenters. The molecule has 0 aliphatic heterocycles. The van der Waals surface area contributed by atoms with E-state index in [-0.39, 0.29) is 15.6 Å². The first-order chi connectivity index (χ1) is 9.26. The van der Waals surface area contributed by atoms with E-state index in [1.54, 1.807) is 6.07 Å². The Hall–Kier alpha value is -1.04. The van der Waals surface area contributed by atoms with E-state index in [0.29, 0.717) is 5.02 Å². The first kappa shape index (κ1) is 15.4. The Labute approximate surface area is 127 Å². The molecule has 0 aliphatic rings. The summed E-state index contributed by atoms with van der Waals surface area (Å²) in [6, 6.07) is 10.6. The highest BCUT2D eigenvalue weighted by atomic mass is 79.9. The van der Waals surface area contributed by atoms with Crippen LogP contribution in [-0.4, -0.2) is 11.3 Å². The van der Waals surface area contributed by atoms with Crippen LogP contribution < -0.4 is 0 Å². The molecular formula is C14H9BrClF3O. The highest BCUT2D eigenvalue weighted by Crippen LogP contribution is 2.46. The van der Waals surface area contributed by atoms with Crippen LogP contribution in [0, 0.1) is 0 Å². The lowest BCUT2D eigenvalue weighted by atomic mass is 9.86. The van der Waals surface area contributed by atoms with Gasteiger partial charge in [-0.1, -0.05) is 57.9 Å². The van der Waals surface area contributed by atoms with Gasteiger partial charge in [0.25, 0.3) is 0 Å². The maximum absolute atomic E-state index is 13.5. The van der Waals surface area contributed by atoms with Gasteiger partial charge in [-0.15, -0.1) is 0 Å². The van der Waals surface area contributed by atoms with Crippen LogP contribution in [0.25, 0.3) is 0 Å². The Morgan fingerprint density at radius 2 is 1.50 bits per heavy atom. The summed E-state index contributed by atoms with van der Waals surface area (Å²) in [5.74, 6) is 0. The molecule has 0 aromatic heterocycles. The summed E-state index contributed by atoms with van der Waals surface area (Å²) in [6.07, 6.45) is -4.87. The predicted molar refractivity (Wildman–Crippen MR) is 74.6 cm³/mol. The minimum atomic E-state index is -4.87. The fraction of sp³-hybridized carbons (Fsp3) is 0.143. The van der Waals surface area contributed by atoms with E-state index in [2.05, 4.69) is 15.9 Å². The van der Waals surface area contributed by atoms with Crippen LogP contribution in [0.2, 0.25) is 5.02 Å². The fourth-order valence-corrected chi connectivity index (χ4v) is 2.62. The summed E-state index contributed by atoms with van der Waals surface area (Å²) in [7, 11) is 0. The van der Waals surface area contributed by atoms with E-state index < -0.39 is 11.8 Å². The van der Waals surface area contributed by atoms with E-state index in [4.69, 9.17) is 11.6 Å². The Bertz CT molecular complexity index is 613. The zero-order valence-electron chi connectivity index (χ0n) is 9.96. The van der Waals surface area contributed by atoms with E-state index in [9.17, 15) is 18.3 Å². The monoisotopic (exact) mass is 364 g/mol. The van der Waals surface area contributed by atoms with Gasteiger partial charge in [-0.25, -0.2) is 0 Å². The quantitative estimate of drug-likeness (QED) is 0.802. The Morgan fingerprint density at radius 3 is 2.00 bits per heavy atom. The second-order valence-electron chi connectivity index (χ2n) is 4.19. The molecule has 1 nitrogen and oxygen atoms in total. The van der Waals surface area contributed by atoms with Gasteiger partial charge in [0.15, 0.2) is 0 Å². The second-order valence-corrected chi connectivity index (χ2v) is 5.49. The third-order valence-electron chi connectivity index (χ3n) is 2.94. The van der Waals surface area contributed by atoms with Gasteiger partial charge >= 0.3 is 6.18 Å². The molecule has 2 rings (SSSR count). The maximum Gasteiger partial charge on any atom is 0.425 e. The normalized spacial score (nSPS) is 14.9. The smallest absolute Gasteiger partial charge is 0.372 e. The minimum absolute atomic E-state index is 0.176. The third kappa shape index (κ3) is 2.57. The van der Waals surface area contributed by atoms with Crippen LogP contribution >= 0.6 is 27.5 Å². The number of rotatable bonds is 2. The van der Waals surface area contributed by atoms with E-state index in [1.807, 2.05) is 0 Å². The average Bonchev–Trinajstić information content (AvgIpc) is 2.38. The third-order valence-corrected chi connectivity index (χ3v) is 3.88. The Morgan fingerprint density at radius 1 is 0.950 bits per heavy atom. The summed E-state index contributed by atoms with van der Waals surface area (Å²) in [5, 5.41) is 10.7. The zero-order chi connectivity index (χ0) is 15.0. The molecule has 0 fully saturated rings. The van der Waals surface area contributed by atoms with Crippen LogP contribution in [0.4, 0.5) is 13.2 Å². The Kier molecular flexibility index (Phi) is 4.14. The molecule has 0 bridgehead atoms. The molecule has 0 heterocycles. The minimum Gasteiger partial charge on any atom is -0.372 e. The molecule has 0 aliphatic carbocycles. The highest BCUT2D eigenvalue weighted by Gasteiger charge is 2.56. The molecule has 0 saturated carbocycles. The molecule has 6 heteroatoms. The fourth-order valence-electron chi connectivity index (χ4n) is 1.92. The van der Waals surface area contributed by atoms with Crippen molar-refractivity contribution in [3.63, 3.8) is 0 Å². The number of benzene rings is 2. The lowest BCUT2D eigenvalue weighted by molar-refractivity contribution is -0.248. The maximum atomic E-state index is 13.5. The van der Waals surface area contributed by atoms with Crippen molar-refractivity contribution >= 4 is 27.5 Å². The van der Waals surface area contributed by atoms with E-state index in [1.165, 1.54) is 30.3 Å². The van der Waals surface area contributed by atoms with Crippen LogP contribution in [0.15, 0.2) is 53.0 Å². The van der Waals surface area contributed by atoms with E-state index >= 15 is 0 Å². The number of aliphatic hydroxyl groups is 1. The summed E-state index contributed by atoms with van der Waals surface area (Å²) in [6.45, 7) is 0. The highest BCUT2D eigenvalue weighted by molar-refractivity contribution is 9.10. The second kappa shape index (κ2) is 5.39. The van der Waals surface area contributed by atoms with Crippen molar-refractivity contribution in [2.75, 3.05) is 0 Å². The number of hydrogen-bond donors (Lipinski definition) is 1. The van der Waals surface area contributed by atoms with Crippen molar-refractivity contribution < 1.29 is 18.3 Å². The summed E-state index contributed by atoms with van der Waals surface area (Å²) in [5.41, 5.74) is -3.66. The number of halogens is 5. The first-order valence-electron chi connectivity index (χ1n) is 5.57. The van der Waals surface area contributed by atoms with Gasteiger partial charge in [0.1, 0.15) is 0 Å². The summed E-state index contributed by atoms with van der Waals surface area (Å²) >= 11 is 8.73. The van der Waals surface area contributed by atoms with Crippen molar-refractivity contribution in [3.8, 4) is 0 Å². The van der Waals surface area contributed by atoms with Gasteiger partial charge in [0.05, 0.1) is 0 Å². The van der Waals surface area contributed by atoms with Gasteiger partial charge in [-0.2, -0.15) is 13.2 Å². The van der Waals surface area contributed by atoms with E-state index in [0.717, 1.165) is 12.1 Å². The van der Waals surface area contributed by atoms with Crippen molar-refractivity contribution in [3.05, 3.63) is 69.2 Å². The number of alkyl halides is 3. The largest absolute Gasteiger partial charge is 0.425 e. The van der Waals surface area contributed by atoms with Crippen LogP contribution in [-0.2, 0) is 5.60 Å². The predicted octanol–water partition coefficient (Wildman–Crippen LogP) is 4.90. The van der Waals surface area contributed by atoms with Crippen LogP contribution in [0.1, 0.15) is 11.1 Å². The molecule has 20 heavy (non-hydrogen) atoms. The topological polar surface area (TPSA) is 20.2 Å². The molecular weight excluding hydrogens is 357 g/mol. The standard InChI is InChI=1S/C14H9BrClF3O/c15-12-4-2-1-3-11(12)13(20,14(17,18)19)9-5-7-10(16)8-6-9/h1-8,20H. The first-order valence-corrected chi connectivity index (χ1v) is 6.74. The van der Waals surface area contributed by atoms with Gasteiger partial charge in [-0.3, -0.25) is 0 Å². The molecule has 0 radical (unpaired) electrons. The lowest BCUT2D eigenvalue weighted by Gasteiger charge is -2.32. The van der Waals surface area contributed by atoms with Gasteiger partial charge in [-0.05, 0) is 23.8 Å². The molecule has 0 saturated heterocycles. The lowest BCUT2D eigenvalue weighted by Crippen LogP contribution is -2.43. The Balaban J connectivity index is 2.70. The molecule has 1 unspecified atom stereocenters. The zero-order valence-corrected chi connectivity index (χ0v) is 12.3. The molecule has 106 valence electrons. The molecule has 2 aromatic rings. The van der Waals surface area contributed by atoms with Gasteiger partial charge in [0.2, 0.25) is 5.60 Å². The average molecular weight is 366 g/mol. The van der Waals surface area contributed by atoms with Crippen LogP contribution in [0.5, 0.6) is 0 Å². The van der Waals surface area contributed by atoms with Crippen molar-refractivity contribution in [2.24, 2.45) is 0 Å². The molecule has 0 spiro atoms. The van der Waals surface area contributed by atoms with Gasteiger partial charge < -0.3 is 5.11 Å². The number of hydrogen-bond acceptors (Lipinski definition) is 1.